The fraction of sp³-hybridized carbons (Fsp3) is 0.944. The van der Waals surface area contributed by atoms with Crippen LogP contribution in [-0.4, -0.2) is 96.7 Å². The fourth-order valence-electron chi connectivity index (χ4n) is 10.8. The van der Waals surface area contributed by atoms with Gasteiger partial charge in [-0.05, 0) is 49.4 Å². The largest absolute Gasteiger partial charge is 0.472 e. The highest BCUT2D eigenvalue weighted by Gasteiger charge is 2.30. The number of hydrogen-bond acceptors (Lipinski definition) is 15. The van der Waals surface area contributed by atoms with E-state index >= 15 is 0 Å². The van der Waals surface area contributed by atoms with Crippen LogP contribution in [0.1, 0.15) is 357 Å². The fourth-order valence-corrected chi connectivity index (χ4v) is 12.4. The minimum atomic E-state index is -4.95. The molecule has 0 rings (SSSR count). The molecule has 5 atom stereocenters. The Hall–Kier alpha value is -1.94. The number of phosphoric acid groups is 2. The number of phosphoric ester groups is 2. The van der Waals surface area contributed by atoms with Gasteiger partial charge < -0.3 is 33.8 Å². The van der Waals surface area contributed by atoms with Gasteiger partial charge in [0.1, 0.15) is 19.3 Å². The van der Waals surface area contributed by atoms with Gasteiger partial charge in [-0.1, -0.05) is 306 Å². The summed E-state index contributed by atoms with van der Waals surface area (Å²) in [6.45, 7) is 14.1. The molecule has 19 heteroatoms. The zero-order valence-corrected chi connectivity index (χ0v) is 61.3. The number of ether oxygens (including phenoxy) is 4. The first-order valence-corrected chi connectivity index (χ1v) is 40.2. The van der Waals surface area contributed by atoms with Gasteiger partial charge in [0, 0.05) is 25.7 Å². The van der Waals surface area contributed by atoms with Crippen LogP contribution in [0, 0.1) is 23.7 Å². The number of hydrogen-bond donors (Lipinski definition) is 3. The monoisotopic (exact) mass is 1340 g/mol. The summed E-state index contributed by atoms with van der Waals surface area (Å²) in [5.41, 5.74) is 0. The molecule has 3 N–H and O–H groups in total. The molecule has 17 nitrogen and oxygen atoms in total. The molecule has 0 aliphatic heterocycles. The van der Waals surface area contributed by atoms with Crippen LogP contribution in [0.5, 0.6) is 0 Å². The van der Waals surface area contributed by atoms with Crippen LogP contribution >= 0.6 is 15.6 Å². The van der Waals surface area contributed by atoms with Crippen molar-refractivity contribution in [2.45, 2.75) is 375 Å². The van der Waals surface area contributed by atoms with E-state index in [0.717, 1.165) is 114 Å². The third kappa shape index (κ3) is 66.5. The van der Waals surface area contributed by atoms with Crippen molar-refractivity contribution in [1.29, 1.82) is 0 Å². The van der Waals surface area contributed by atoms with E-state index < -0.39 is 97.5 Å². The van der Waals surface area contributed by atoms with Gasteiger partial charge >= 0.3 is 39.5 Å². The molecule has 91 heavy (non-hydrogen) atoms. The molecule has 0 radical (unpaired) electrons. The topological polar surface area (TPSA) is 237 Å². The van der Waals surface area contributed by atoms with Gasteiger partial charge in [-0.15, -0.1) is 0 Å². The van der Waals surface area contributed by atoms with Crippen LogP contribution in [-0.2, 0) is 65.4 Å². The average molecular weight is 1340 g/mol. The number of aliphatic hydroxyl groups excluding tert-OH is 1. The quantitative estimate of drug-likeness (QED) is 0.0222. The normalized spacial score (nSPS) is 14.2. The molecule has 0 amide bonds. The molecule has 0 aliphatic carbocycles. The molecule has 0 heterocycles. The zero-order valence-electron chi connectivity index (χ0n) is 59.5. The maximum absolute atomic E-state index is 13.0. The summed E-state index contributed by atoms with van der Waals surface area (Å²) in [5, 5.41) is 10.6. The minimum Gasteiger partial charge on any atom is -0.462 e. The van der Waals surface area contributed by atoms with Crippen LogP contribution < -0.4 is 0 Å². The molecule has 0 fully saturated rings. The number of aliphatic hydroxyl groups is 1. The molecule has 0 saturated carbocycles. The Kier molecular flexibility index (Phi) is 60.3. The van der Waals surface area contributed by atoms with E-state index in [0.29, 0.717) is 25.7 Å². The number of carbonyl (C=O) groups excluding carboxylic acids is 4. The van der Waals surface area contributed by atoms with Gasteiger partial charge in [0.25, 0.3) is 0 Å². The smallest absolute Gasteiger partial charge is 0.462 e. The summed E-state index contributed by atoms with van der Waals surface area (Å²) >= 11 is 0. The van der Waals surface area contributed by atoms with Crippen molar-refractivity contribution >= 4 is 39.5 Å². The molecule has 0 aromatic carbocycles. The zero-order chi connectivity index (χ0) is 67.5. The Morgan fingerprint density at radius 2 is 0.462 bits per heavy atom. The lowest BCUT2D eigenvalue weighted by Crippen LogP contribution is -2.30. The van der Waals surface area contributed by atoms with E-state index in [1.165, 1.54) is 161 Å². The number of carbonyl (C=O) groups is 4. The molecule has 0 bridgehead atoms. The van der Waals surface area contributed by atoms with Crippen LogP contribution in [0.25, 0.3) is 0 Å². The SMILES string of the molecule is CC(C)CCCCCCCCCCCCCCC(=O)OC[C@H](COP(=O)(O)OCC(O)COP(=O)(O)OC[C@@H](COC(=O)CCCCCCCCCCC(C)C)OC(=O)CCCCCCCCCCCCC(C)C)OC(=O)CCCCCCCCCCCC(C)C. The Balaban J connectivity index is 5.26. The van der Waals surface area contributed by atoms with Crippen molar-refractivity contribution in [2.24, 2.45) is 23.7 Å². The third-order valence-electron chi connectivity index (χ3n) is 16.6. The number of unbranched alkanes of at least 4 members (excludes halogenated alkanes) is 35. The van der Waals surface area contributed by atoms with Crippen LogP contribution in [0.4, 0.5) is 0 Å². The molecular weight excluding hydrogens is 1200 g/mol. The summed E-state index contributed by atoms with van der Waals surface area (Å²) < 4.78 is 68.4. The summed E-state index contributed by atoms with van der Waals surface area (Å²) in [7, 11) is -9.91. The second-order valence-electron chi connectivity index (χ2n) is 27.9. The Labute approximate surface area is 556 Å². The first-order valence-electron chi connectivity index (χ1n) is 37.2. The van der Waals surface area contributed by atoms with Crippen LogP contribution in [0.2, 0.25) is 0 Å². The molecule has 540 valence electrons. The molecule has 0 aromatic heterocycles. The van der Waals surface area contributed by atoms with Crippen molar-refractivity contribution in [3.63, 3.8) is 0 Å². The molecule has 3 unspecified atom stereocenters. The highest BCUT2D eigenvalue weighted by Crippen LogP contribution is 2.45. The van der Waals surface area contributed by atoms with Gasteiger partial charge in [-0.3, -0.25) is 37.3 Å². The summed E-state index contributed by atoms with van der Waals surface area (Å²) in [6.07, 6.45) is 44.4. The van der Waals surface area contributed by atoms with Gasteiger partial charge in [-0.25, -0.2) is 9.13 Å². The summed E-state index contributed by atoms with van der Waals surface area (Å²) in [6, 6.07) is 0. The van der Waals surface area contributed by atoms with Crippen molar-refractivity contribution in [2.75, 3.05) is 39.6 Å². The lowest BCUT2D eigenvalue weighted by Gasteiger charge is -2.21. The molecule has 0 spiro atoms. The van der Waals surface area contributed by atoms with E-state index in [-0.39, 0.29) is 25.7 Å². The third-order valence-corrected chi connectivity index (χ3v) is 18.5. The van der Waals surface area contributed by atoms with Crippen molar-refractivity contribution in [3.05, 3.63) is 0 Å². The van der Waals surface area contributed by atoms with Gasteiger partial charge in [0.05, 0.1) is 26.4 Å². The molecule has 0 aliphatic rings. The molecular formula is C72H140O17P2. The van der Waals surface area contributed by atoms with Crippen LogP contribution in [0.3, 0.4) is 0 Å². The Morgan fingerprint density at radius 3 is 0.681 bits per heavy atom. The molecule has 0 aromatic rings. The standard InChI is InChI=1S/C72H140O17P2/c1-62(2)48-40-32-24-16-11-9-10-12-19-28-36-44-52-69(74)82-58-67(89-72(77)55-47-39-31-21-15-18-26-34-42-50-64(5)6)60-86-90(78,79)84-56-66(73)57-85-91(80,81)87-61-68(59-83-70(75)53-45-37-29-23-22-27-35-43-51-65(7)8)88-71(76)54-46-38-30-20-14-13-17-25-33-41-49-63(3)4/h62-68,73H,9-61H2,1-8H3,(H,78,79)(H,80,81)/t66?,67-,68-/m1/s1. The van der Waals surface area contributed by atoms with Gasteiger partial charge in [0.15, 0.2) is 12.2 Å². The lowest BCUT2D eigenvalue weighted by atomic mass is 10.0. The lowest BCUT2D eigenvalue weighted by molar-refractivity contribution is -0.161. The second-order valence-corrected chi connectivity index (χ2v) is 30.8. The Bertz CT molecular complexity index is 1800. The Morgan fingerprint density at radius 1 is 0.275 bits per heavy atom. The summed E-state index contributed by atoms with van der Waals surface area (Å²) in [4.78, 5) is 72.6. The van der Waals surface area contributed by atoms with E-state index in [9.17, 15) is 43.2 Å². The number of esters is 4. The van der Waals surface area contributed by atoms with Crippen molar-refractivity contribution in [1.82, 2.24) is 0 Å². The average Bonchev–Trinajstić information content (AvgIpc) is 3.65. The predicted molar refractivity (Wildman–Crippen MR) is 367 cm³/mol. The molecule has 0 saturated heterocycles. The van der Waals surface area contributed by atoms with Gasteiger partial charge in [-0.2, -0.15) is 0 Å². The van der Waals surface area contributed by atoms with E-state index in [1.54, 1.807) is 0 Å². The van der Waals surface area contributed by atoms with E-state index in [2.05, 4.69) is 55.4 Å². The maximum Gasteiger partial charge on any atom is 0.472 e. The van der Waals surface area contributed by atoms with E-state index in [1.807, 2.05) is 0 Å². The number of rotatable bonds is 69. The highest BCUT2D eigenvalue weighted by molar-refractivity contribution is 7.47. The first-order chi connectivity index (χ1) is 43.6. The highest BCUT2D eigenvalue weighted by atomic mass is 31.2. The maximum atomic E-state index is 13.0. The van der Waals surface area contributed by atoms with Crippen LogP contribution in [0.15, 0.2) is 0 Å². The second kappa shape index (κ2) is 61.6. The minimum absolute atomic E-state index is 0.105. The van der Waals surface area contributed by atoms with Gasteiger partial charge in [0.2, 0.25) is 0 Å². The van der Waals surface area contributed by atoms with E-state index in [4.69, 9.17) is 37.0 Å². The van der Waals surface area contributed by atoms with Crippen molar-refractivity contribution in [3.8, 4) is 0 Å². The predicted octanol–water partition coefficient (Wildman–Crippen LogP) is 20.5. The summed E-state index contributed by atoms with van der Waals surface area (Å²) in [5.74, 6) is 0.870. The first kappa shape index (κ1) is 89.1. The van der Waals surface area contributed by atoms with Crippen molar-refractivity contribution < 1.29 is 80.2 Å².